The predicted octanol–water partition coefficient (Wildman–Crippen LogP) is 6.81. The van der Waals surface area contributed by atoms with E-state index >= 15 is 0 Å². The largest absolute Gasteiger partial charge is 0.466 e. The second-order valence-electron chi connectivity index (χ2n) is 7.45. The van der Waals surface area contributed by atoms with Crippen LogP contribution < -0.4 is 0 Å². The minimum Gasteiger partial charge on any atom is -0.466 e. The minimum atomic E-state index is 0.0220. The highest BCUT2D eigenvalue weighted by Gasteiger charge is 2.20. The maximum absolute atomic E-state index is 11.5. The molecule has 0 bridgehead atoms. The highest BCUT2D eigenvalue weighted by atomic mass is 16.5. The van der Waals surface area contributed by atoms with Gasteiger partial charge in [-0.3, -0.25) is 4.79 Å². The molecule has 0 spiro atoms. The van der Waals surface area contributed by atoms with Gasteiger partial charge in [0.2, 0.25) is 0 Å². The maximum atomic E-state index is 11.5. The summed E-state index contributed by atoms with van der Waals surface area (Å²) in [4.78, 5) is 11.5. The van der Waals surface area contributed by atoms with Gasteiger partial charge >= 0.3 is 5.97 Å². The van der Waals surface area contributed by atoms with E-state index in [1.807, 2.05) is 0 Å². The summed E-state index contributed by atoms with van der Waals surface area (Å²) in [5.41, 5.74) is 0. The van der Waals surface area contributed by atoms with Crippen molar-refractivity contribution in [2.75, 3.05) is 6.61 Å². The van der Waals surface area contributed by atoms with Crippen LogP contribution in [-0.2, 0) is 9.53 Å². The lowest BCUT2D eigenvalue weighted by atomic mass is 10.1. The second-order valence-corrected chi connectivity index (χ2v) is 7.45. The molecule has 0 saturated heterocycles. The topological polar surface area (TPSA) is 26.3 Å². The van der Waals surface area contributed by atoms with Crippen LogP contribution in [0.15, 0.2) is 0 Å². The van der Waals surface area contributed by atoms with Crippen LogP contribution in [0.1, 0.15) is 116 Å². The Balaban J connectivity index is 1.68. The summed E-state index contributed by atoms with van der Waals surface area (Å²) in [5, 5.41) is 0. The van der Waals surface area contributed by atoms with Crippen LogP contribution in [0.3, 0.4) is 0 Å². The van der Waals surface area contributed by atoms with E-state index in [4.69, 9.17) is 4.74 Å². The molecule has 1 aliphatic rings. The van der Waals surface area contributed by atoms with Gasteiger partial charge in [0, 0.05) is 6.42 Å². The van der Waals surface area contributed by atoms with Crippen LogP contribution in [0.2, 0.25) is 0 Å². The molecule has 136 valence electrons. The molecule has 0 heterocycles. The lowest BCUT2D eigenvalue weighted by Crippen LogP contribution is -2.05. The molecule has 0 aliphatic heterocycles. The smallest absolute Gasteiger partial charge is 0.305 e. The van der Waals surface area contributed by atoms with E-state index in [1.54, 1.807) is 0 Å². The molecule has 0 aromatic rings. The molecule has 0 amide bonds. The zero-order chi connectivity index (χ0) is 16.6. The monoisotopic (exact) mass is 324 g/mol. The van der Waals surface area contributed by atoms with Crippen LogP contribution >= 0.6 is 0 Å². The zero-order valence-electron chi connectivity index (χ0n) is 15.6. The Morgan fingerprint density at radius 2 is 1.30 bits per heavy atom. The van der Waals surface area contributed by atoms with E-state index < -0.39 is 0 Å². The standard InChI is InChI=1S/C21H40O2/c1-2-3-4-5-6-7-8-9-10-11-12-13-19-23-21(22)16-14-15-20-17-18-20/h20H,2-19H2,1H3. The van der Waals surface area contributed by atoms with E-state index in [9.17, 15) is 4.79 Å². The summed E-state index contributed by atoms with van der Waals surface area (Å²) in [7, 11) is 0. The third-order valence-electron chi connectivity index (χ3n) is 4.95. The van der Waals surface area contributed by atoms with Crippen molar-refractivity contribution in [2.24, 2.45) is 5.92 Å². The maximum Gasteiger partial charge on any atom is 0.305 e. The fourth-order valence-electron chi connectivity index (χ4n) is 3.14. The van der Waals surface area contributed by atoms with E-state index in [0.717, 1.165) is 18.8 Å². The lowest BCUT2D eigenvalue weighted by molar-refractivity contribution is -0.143. The van der Waals surface area contributed by atoms with Gasteiger partial charge in [0.1, 0.15) is 0 Å². The van der Waals surface area contributed by atoms with E-state index in [-0.39, 0.29) is 5.97 Å². The molecule has 2 heteroatoms. The van der Waals surface area contributed by atoms with Gasteiger partial charge in [-0.1, -0.05) is 90.4 Å². The van der Waals surface area contributed by atoms with Crippen LogP contribution in [0.4, 0.5) is 0 Å². The molecular formula is C21H40O2. The zero-order valence-corrected chi connectivity index (χ0v) is 15.6. The molecule has 0 aromatic heterocycles. The quantitative estimate of drug-likeness (QED) is 0.217. The molecule has 1 fully saturated rings. The number of carbonyl (C=O) groups is 1. The number of unbranched alkanes of at least 4 members (excludes halogenated alkanes) is 11. The van der Waals surface area contributed by atoms with Crippen molar-refractivity contribution in [3.63, 3.8) is 0 Å². The van der Waals surface area contributed by atoms with Crippen molar-refractivity contribution in [1.29, 1.82) is 0 Å². The molecule has 1 rings (SSSR count). The summed E-state index contributed by atoms with van der Waals surface area (Å²) in [6.07, 6.45) is 21.8. The van der Waals surface area contributed by atoms with Crippen molar-refractivity contribution in [3.05, 3.63) is 0 Å². The summed E-state index contributed by atoms with van der Waals surface area (Å²) >= 11 is 0. The second kappa shape index (κ2) is 15.0. The van der Waals surface area contributed by atoms with Crippen molar-refractivity contribution in [1.82, 2.24) is 0 Å². The molecule has 0 atom stereocenters. The van der Waals surface area contributed by atoms with E-state index in [0.29, 0.717) is 13.0 Å². The van der Waals surface area contributed by atoms with Gasteiger partial charge < -0.3 is 4.74 Å². The Kier molecular flexibility index (Phi) is 13.4. The van der Waals surface area contributed by atoms with Gasteiger partial charge in [-0.05, 0) is 25.2 Å². The Labute approximate surface area is 144 Å². The van der Waals surface area contributed by atoms with Gasteiger partial charge in [0.15, 0.2) is 0 Å². The molecule has 1 aliphatic carbocycles. The fourth-order valence-corrected chi connectivity index (χ4v) is 3.14. The molecule has 0 unspecified atom stereocenters. The summed E-state index contributed by atoms with van der Waals surface area (Å²) < 4.78 is 5.30. The van der Waals surface area contributed by atoms with E-state index in [2.05, 4.69) is 6.92 Å². The van der Waals surface area contributed by atoms with Crippen molar-refractivity contribution in [2.45, 2.75) is 116 Å². The predicted molar refractivity (Wildman–Crippen MR) is 98.6 cm³/mol. The van der Waals surface area contributed by atoms with Gasteiger partial charge in [-0.15, -0.1) is 0 Å². The molecule has 0 aromatic carbocycles. The summed E-state index contributed by atoms with van der Waals surface area (Å²) in [5.74, 6) is 0.952. The first-order valence-electron chi connectivity index (χ1n) is 10.5. The van der Waals surface area contributed by atoms with Gasteiger partial charge in [0.05, 0.1) is 6.61 Å². The number of rotatable bonds is 17. The highest BCUT2D eigenvalue weighted by Crippen LogP contribution is 2.33. The third-order valence-corrected chi connectivity index (χ3v) is 4.95. The Morgan fingerprint density at radius 3 is 1.83 bits per heavy atom. The van der Waals surface area contributed by atoms with Crippen LogP contribution in [0, 0.1) is 5.92 Å². The van der Waals surface area contributed by atoms with Gasteiger partial charge in [-0.25, -0.2) is 0 Å². The van der Waals surface area contributed by atoms with Crippen LogP contribution in [0.5, 0.6) is 0 Å². The Morgan fingerprint density at radius 1 is 0.783 bits per heavy atom. The molecule has 23 heavy (non-hydrogen) atoms. The summed E-state index contributed by atoms with van der Waals surface area (Å²) in [6, 6.07) is 0. The average molecular weight is 325 g/mol. The average Bonchev–Trinajstić information content (AvgIpc) is 3.36. The van der Waals surface area contributed by atoms with Crippen LogP contribution in [-0.4, -0.2) is 12.6 Å². The van der Waals surface area contributed by atoms with E-state index in [1.165, 1.54) is 89.9 Å². The molecule has 1 saturated carbocycles. The number of ether oxygens (including phenoxy) is 1. The van der Waals surface area contributed by atoms with Crippen molar-refractivity contribution >= 4 is 5.97 Å². The third kappa shape index (κ3) is 14.8. The summed E-state index contributed by atoms with van der Waals surface area (Å²) in [6.45, 7) is 2.91. The first-order valence-corrected chi connectivity index (χ1v) is 10.5. The molecular weight excluding hydrogens is 284 g/mol. The molecule has 2 nitrogen and oxygen atoms in total. The minimum absolute atomic E-state index is 0.0220. The molecule has 0 radical (unpaired) electrons. The number of carbonyl (C=O) groups excluding carboxylic acids is 1. The first-order chi connectivity index (χ1) is 11.3. The van der Waals surface area contributed by atoms with Crippen molar-refractivity contribution in [3.8, 4) is 0 Å². The number of esters is 1. The Bertz CT molecular complexity index is 271. The number of hydrogen-bond acceptors (Lipinski definition) is 2. The SMILES string of the molecule is CCCCCCCCCCCCCCOC(=O)CCCC1CC1. The number of hydrogen-bond donors (Lipinski definition) is 0. The molecule has 0 N–H and O–H groups in total. The highest BCUT2D eigenvalue weighted by molar-refractivity contribution is 5.69. The van der Waals surface area contributed by atoms with Crippen molar-refractivity contribution < 1.29 is 9.53 Å². The van der Waals surface area contributed by atoms with Gasteiger partial charge in [-0.2, -0.15) is 0 Å². The first kappa shape index (κ1) is 20.5. The Hall–Kier alpha value is -0.530. The fraction of sp³-hybridized carbons (Fsp3) is 0.952. The normalized spacial score (nSPS) is 14.1. The lowest BCUT2D eigenvalue weighted by Gasteiger charge is -2.05. The van der Waals surface area contributed by atoms with Crippen LogP contribution in [0.25, 0.3) is 0 Å². The van der Waals surface area contributed by atoms with Gasteiger partial charge in [0.25, 0.3) is 0 Å².